The van der Waals surface area contributed by atoms with Gasteiger partial charge >= 0.3 is 0 Å². The number of benzene rings is 2. The summed E-state index contributed by atoms with van der Waals surface area (Å²) in [5, 5.41) is 13.4. The second kappa shape index (κ2) is 6.71. The Kier molecular flexibility index (Phi) is 4.73. The van der Waals surface area contributed by atoms with E-state index >= 15 is 0 Å². The van der Waals surface area contributed by atoms with Gasteiger partial charge in [0.1, 0.15) is 0 Å². The zero-order chi connectivity index (χ0) is 16.1. The van der Waals surface area contributed by atoms with E-state index in [-0.39, 0.29) is 18.0 Å². The molecule has 0 aliphatic rings. The van der Waals surface area contributed by atoms with Crippen LogP contribution in [0.25, 0.3) is 0 Å². The predicted octanol–water partition coefficient (Wildman–Crippen LogP) is 2.84. The van der Waals surface area contributed by atoms with Crippen LogP contribution in [0.3, 0.4) is 0 Å². The Morgan fingerprint density at radius 1 is 1.09 bits per heavy atom. The minimum Gasteiger partial charge on any atom is -0.378 e. The van der Waals surface area contributed by atoms with Gasteiger partial charge in [-0.3, -0.25) is 14.9 Å². The van der Waals surface area contributed by atoms with Crippen molar-refractivity contribution in [2.45, 2.75) is 6.42 Å². The van der Waals surface area contributed by atoms with E-state index in [2.05, 4.69) is 5.32 Å². The molecule has 0 aliphatic carbocycles. The molecule has 0 atom stereocenters. The summed E-state index contributed by atoms with van der Waals surface area (Å²) in [7, 11) is 3.89. The van der Waals surface area contributed by atoms with E-state index in [1.54, 1.807) is 12.1 Å². The van der Waals surface area contributed by atoms with E-state index < -0.39 is 4.92 Å². The van der Waals surface area contributed by atoms with Crippen molar-refractivity contribution in [2.24, 2.45) is 0 Å². The Balaban J connectivity index is 1.96. The number of carbonyl (C=O) groups is 1. The summed E-state index contributed by atoms with van der Waals surface area (Å²) >= 11 is 0. The van der Waals surface area contributed by atoms with Gasteiger partial charge in [-0.1, -0.05) is 12.1 Å². The topological polar surface area (TPSA) is 75.5 Å². The lowest BCUT2D eigenvalue weighted by Crippen LogP contribution is -2.14. The van der Waals surface area contributed by atoms with Crippen molar-refractivity contribution in [2.75, 3.05) is 24.3 Å². The molecule has 0 radical (unpaired) electrons. The average Bonchev–Trinajstić information content (AvgIpc) is 2.48. The molecule has 0 bridgehead atoms. The van der Waals surface area contributed by atoms with E-state index in [0.29, 0.717) is 0 Å². The molecule has 0 aliphatic heterocycles. The third kappa shape index (κ3) is 4.05. The number of non-ortho nitro benzene ring substituents is 1. The van der Waals surface area contributed by atoms with Gasteiger partial charge in [0.2, 0.25) is 5.91 Å². The molecule has 2 rings (SSSR count). The van der Waals surface area contributed by atoms with Crippen LogP contribution >= 0.6 is 0 Å². The normalized spacial score (nSPS) is 10.1. The second-order valence-corrected chi connectivity index (χ2v) is 5.09. The lowest BCUT2D eigenvalue weighted by atomic mass is 10.1. The smallest absolute Gasteiger partial charge is 0.269 e. The number of hydrogen-bond acceptors (Lipinski definition) is 4. The molecule has 0 unspecified atom stereocenters. The summed E-state index contributed by atoms with van der Waals surface area (Å²) in [6.07, 6.45) is 0.174. The molecule has 0 saturated heterocycles. The number of hydrogen-bond donors (Lipinski definition) is 1. The number of amides is 1. The van der Waals surface area contributed by atoms with Crippen LogP contribution in [0.2, 0.25) is 0 Å². The van der Waals surface area contributed by atoms with Crippen LogP contribution in [0.15, 0.2) is 48.5 Å². The molecular weight excluding hydrogens is 282 g/mol. The number of anilines is 2. The first-order valence-electron chi connectivity index (χ1n) is 6.76. The Bertz CT molecular complexity index is 664. The molecule has 1 amide bonds. The first-order chi connectivity index (χ1) is 10.5. The maximum atomic E-state index is 12.0. The Morgan fingerprint density at radius 3 is 2.18 bits per heavy atom. The Hall–Kier alpha value is -2.89. The highest BCUT2D eigenvalue weighted by atomic mass is 16.6. The summed E-state index contributed by atoms with van der Waals surface area (Å²) in [4.78, 5) is 24.1. The lowest BCUT2D eigenvalue weighted by molar-refractivity contribution is -0.384. The first-order valence-corrected chi connectivity index (χ1v) is 6.76. The molecule has 0 fully saturated rings. The molecule has 6 heteroatoms. The van der Waals surface area contributed by atoms with Crippen molar-refractivity contribution >= 4 is 23.0 Å². The molecule has 22 heavy (non-hydrogen) atoms. The quantitative estimate of drug-likeness (QED) is 0.680. The van der Waals surface area contributed by atoms with Crippen molar-refractivity contribution in [1.29, 1.82) is 0 Å². The molecule has 0 heterocycles. The van der Waals surface area contributed by atoms with Gasteiger partial charge in [0.15, 0.2) is 0 Å². The number of nitrogens with one attached hydrogen (secondary N) is 1. The zero-order valence-electron chi connectivity index (χ0n) is 12.4. The number of rotatable bonds is 5. The van der Waals surface area contributed by atoms with Gasteiger partial charge in [-0.05, 0) is 29.8 Å². The molecule has 0 saturated carbocycles. The molecule has 0 aromatic heterocycles. The molecule has 2 aromatic carbocycles. The van der Waals surface area contributed by atoms with Gasteiger partial charge in [-0.25, -0.2) is 0 Å². The highest BCUT2D eigenvalue weighted by Crippen LogP contribution is 2.16. The summed E-state index contributed by atoms with van der Waals surface area (Å²) in [5.41, 5.74) is 2.52. The van der Waals surface area contributed by atoms with Gasteiger partial charge in [0.05, 0.1) is 11.3 Å². The minimum atomic E-state index is -0.462. The van der Waals surface area contributed by atoms with Crippen molar-refractivity contribution in [3.8, 4) is 0 Å². The number of nitro groups is 1. The average molecular weight is 299 g/mol. The number of carbonyl (C=O) groups excluding carboxylic acids is 1. The third-order valence-electron chi connectivity index (χ3n) is 3.18. The summed E-state index contributed by atoms with van der Waals surface area (Å²) in [6, 6.07) is 13.5. The van der Waals surface area contributed by atoms with Crippen molar-refractivity contribution in [1.82, 2.24) is 0 Å². The van der Waals surface area contributed by atoms with Crippen LogP contribution in [-0.4, -0.2) is 24.9 Å². The number of nitro benzene ring substituents is 1. The fraction of sp³-hybridized carbons (Fsp3) is 0.188. The molecule has 2 aromatic rings. The van der Waals surface area contributed by atoms with Gasteiger partial charge < -0.3 is 10.2 Å². The highest BCUT2D eigenvalue weighted by molar-refractivity contribution is 5.92. The van der Waals surface area contributed by atoms with Crippen molar-refractivity contribution in [3.63, 3.8) is 0 Å². The van der Waals surface area contributed by atoms with Crippen molar-refractivity contribution in [3.05, 3.63) is 64.2 Å². The monoisotopic (exact) mass is 299 g/mol. The maximum absolute atomic E-state index is 12.0. The fourth-order valence-corrected chi connectivity index (χ4v) is 1.97. The minimum absolute atomic E-state index is 0.0171. The van der Waals surface area contributed by atoms with Gasteiger partial charge in [0, 0.05) is 37.6 Å². The highest BCUT2D eigenvalue weighted by Gasteiger charge is 2.08. The van der Waals surface area contributed by atoms with Crippen molar-refractivity contribution < 1.29 is 9.72 Å². The predicted molar refractivity (Wildman–Crippen MR) is 86.2 cm³/mol. The van der Waals surface area contributed by atoms with Crippen LogP contribution in [0.1, 0.15) is 5.56 Å². The first kappa shape index (κ1) is 15.5. The van der Waals surface area contributed by atoms with E-state index in [1.165, 1.54) is 12.1 Å². The number of nitrogens with zero attached hydrogens (tertiary/aromatic N) is 2. The Morgan fingerprint density at radius 2 is 1.68 bits per heavy atom. The molecule has 0 spiro atoms. The summed E-state index contributed by atoms with van der Waals surface area (Å²) < 4.78 is 0. The summed E-state index contributed by atoms with van der Waals surface area (Å²) in [6.45, 7) is 0. The third-order valence-corrected chi connectivity index (χ3v) is 3.18. The largest absolute Gasteiger partial charge is 0.378 e. The van der Waals surface area contributed by atoms with E-state index in [9.17, 15) is 14.9 Å². The van der Waals surface area contributed by atoms with Crippen LogP contribution < -0.4 is 10.2 Å². The molecule has 6 nitrogen and oxygen atoms in total. The SMILES string of the molecule is CN(C)c1ccc(NC(=O)Cc2ccc([N+](=O)[O-])cc2)cc1. The van der Waals surface area contributed by atoms with Gasteiger partial charge in [0.25, 0.3) is 5.69 Å². The second-order valence-electron chi connectivity index (χ2n) is 5.09. The lowest BCUT2D eigenvalue weighted by Gasteiger charge is -2.13. The van der Waals surface area contributed by atoms with Gasteiger partial charge in [-0.2, -0.15) is 0 Å². The standard InChI is InChI=1S/C16H17N3O3/c1-18(2)14-9-5-13(6-10-14)17-16(20)11-12-3-7-15(8-4-12)19(21)22/h3-10H,11H2,1-2H3,(H,17,20). The van der Waals surface area contributed by atoms with E-state index in [4.69, 9.17) is 0 Å². The Labute approximate surface area is 128 Å². The zero-order valence-corrected chi connectivity index (χ0v) is 12.4. The van der Waals surface area contributed by atoms with Gasteiger partial charge in [-0.15, -0.1) is 0 Å². The van der Waals surface area contributed by atoms with Crippen LogP contribution in [-0.2, 0) is 11.2 Å². The van der Waals surface area contributed by atoms with Crippen LogP contribution in [0.5, 0.6) is 0 Å². The van der Waals surface area contributed by atoms with E-state index in [1.807, 2.05) is 43.3 Å². The fourth-order valence-electron chi connectivity index (χ4n) is 1.97. The van der Waals surface area contributed by atoms with E-state index in [0.717, 1.165) is 16.9 Å². The maximum Gasteiger partial charge on any atom is 0.269 e. The summed E-state index contributed by atoms with van der Waals surface area (Å²) in [5.74, 6) is -0.161. The van der Waals surface area contributed by atoms with Crippen LogP contribution in [0, 0.1) is 10.1 Å². The van der Waals surface area contributed by atoms with Crippen LogP contribution in [0.4, 0.5) is 17.1 Å². The molecular formula is C16H17N3O3. The molecule has 114 valence electrons. The molecule has 1 N–H and O–H groups in total.